The number of rotatable bonds is 2. The van der Waals surface area contributed by atoms with Crippen molar-refractivity contribution >= 4 is 17.1 Å². The molecule has 7 heteroatoms. The molecule has 1 spiro atoms. The SMILES string of the molecule is O=C1NCC2(CCCN(Cc3ccc4nonc4c3)CC2)O1. The molecule has 4 rings (SSSR count). The number of benzene rings is 1. The first-order valence-corrected chi connectivity index (χ1v) is 7.63. The summed E-state index contributed by atoms with van der Waals surface area (Å²) in [4.78, 5) is 13.7. The van der Waals surface area contributed by atoms with Crippen LogP contribution in [-0.2, 0) is 11.3 Å². The summed E-state index contributed by atoms with van der Waals surface area (Å²) in [6.07, 6.45) is 2.55. The number of amides is 1. The van der Waals surface area contributed by atoms with Crippen molar-refractivity contribution < 1.29 is 14.2 Å². The molecule has 2 saturated heterocycles. The number of hydrogen-bond acceptors (Lipinski definition) is 6. The van der Waals surface area contributed by atoms with E-state index in [-0.39, 0.29) is 11.7 Å². The van der Waals surface area contributed by atoms with Gasteiger partial charge in [-0.25, -0.2) is 9.42 Å². The number of carbonyl (C=O) groups excluding carboxylic acids is 1. The molecule has 2 fully saturated rings. The van der Waals surface area contributed by atoms with E-state index >= 15 is 0 Å². The monoisotopic (exact) mass is 302 g/mol. The molecule has 1 atom stereocenters. The van der Waals surface area contributed by atoms with Gasteiger partial charge < -0.3 is 10.1 Å². The van der Waals surface area contributed by atoms with Crippen LogP contribution < -0.4 is 5.32 Å². The molecule has 1 N–H and O–H groups in total. The highest BCUT2D eigenvalue weighted by Gasteiger charge is 2.41. The molecule has 3 heterocycles. The van der Waals surface area contributed by atoms with E-state index in [1.54, 1.807) is 0 Å². The third-order valence-corrected chi connectivity index (χ3v) is 4.58. The molecule has 2 aromatic rings. The minimum atomic E-state index is -0.300. The predicted octanol–water partition coefficient (Wildman–Crippen LogP) is 1.69. The summed E-state index contributed by atoms with van der Waals surface area (Å²) in [5.74, 6) is 0. The summed E-state index contributed by atoms with van der Waals surface area (Å²) < 4.78 is 10.2. The number of fused-ring (bicyclic) bond motifs is 1. The molecule has 7 nitrogen and oxygen atoms in total. The molecule has 2 aliphatic rings. The van der Waals surface area contributed by atoms with Crippen LogP contribution in [0.3, 0.4) is 0 Å². The molecule has 1 aromatic carbocycles. The first kappa shape index (κ1) is 13.5. The summed E-state index contributed by atoms with van der Waals surface area (Å²) >= 11 is 0. The van der Waals surface area contributed by atoms with Gasteiger partial charge in [0.2, 0.25) is 0 Å². The second kappa shape index (κ2) is 5.24. The van der Waals surface area contributed by atoms with Crippen molar-refractivity contribution in [2.24, 2.45) is 0 Å². The minimum Gasteiger partial charge on any atom is -0.441 e. The molecule has 0 radical (unpaired) electrons. The van der Waals surface area contributed by atoms with Gasteiger partial charge in [0.25, 0.3) is 0 Å². The van der Waals surface area contributed by atoms with Gasteiger partial charge in [0.15, 0.2) is 0 Å². The highest BCUT2D eigenvalue weighted by atomic mass is 16.6. The van der Waals surface area contributed by atoms with E-state index < -0.39 is 0 Å². The average Bonchev–Trinajstić information content (AvgIpc) is 3.06. The van der Waals surface area contributed by atoms with Gasteiger partial charge in [0, 0.05) is 19.5 Å². The van der Waals surface area contributed by atoms with Crippen LogP contribution in [0.15, 0.2) is 22.8 Å². The van der Waals surface area contributed by atoms with E-state index in [1.807, 2.05) is 12.1 Å². The quantitative estimate of drug-likeness (QED) is 0.909. The molecule has 116 valence electrons. The largest absolute Gasteiger partial charge is 0.441 e. The number of alkyl carbamates (subject to hydrolysis) is 1. The Morgan fingerprint density at radius 1 is 1.23 bits per heavy atom. The van der Waals surface area contributed by atoms with Crippen molar-refractivity contribution in [2.75, 3.05) is 19.6 Å². The van der Waals surface area contributed by atoms with E-state index in [1.165, 1.54) is 5.56 Å². The summed E-state index contributed by atoms with van der Waals surface area (Å²) in [5.41, 5.74) is 2.46. The van der Waals surface area contributed by atoms with E-state index in [4.69, 9.17) is 9.37 Å². The number of hydrogen-bond donors (Lipinski definition) is 1. The van der Waals surface area contributed by atoms with Crippen LogP contribution in [0.4, 0.5) is 4.79 Å². The number of nitrogens with one attached hydrogen (secondary N) is 1. The minimum absolute atomic E-state index is 0.280. The van der Waals surface area contributed by atoms with Crippen LogP contribution >= 0.6 is 0 Å². The Hall–Kier alpha value is -2.15. The number of ether oxygens (including phenoxy) is 1. The predicted molar refractivity (Wildman–Crippen MR) is 78.1 cm³/mol. The molecule has 2 aliphatic heterocycles. The number of aromatic nitrogens is 2. The third kappa shape index (κ3) is 2.52. The maximum absolute atomic E-state index is 11.3. The van der Waals surface area contributed by atoms with Crippen LogP contribution in [0, 0.1) is 0 Å². The van der Waals surface area contributed by atoms with Gasteiger partial charge in [-0.2, -0.15) is 0 Å². The van der Waals surface area contributed by atoms with Gasteiger partial charge in [-0.05, 0) is 47.4 Å². The zero-order valence-electron chi connectivity index (χ0n) is 12.2. The van der Waals surface area contributed by atoms with Gasteiger partial charge in [-0.3, -0.25) is 4.90 Å². The first-order valence-electron chi connectivity index (χ1n) is 7.63. The highest BCUT2D eigenvalue weighted by Crippen LogP contribution is 2.29. The Balaban J connectivity index is 1.44. The number of nitrogens with zero attached hydrogens (tertiary/aromatic N) is 3. The second-order valence-corrected chi connectivity index (χ2v) is 6.14. The average molecular weight is 302 g/mol. The molecule has 0 saturated carbocycles. The van der Waals surface area contributed by atoms with Crippen LogP contribution in [0.1, 0.15) is 24.8 Å². The van der Waals surface area contributed by atoms with Crippen LogP contribution in [0.25, 0.3) is 11.0 Å². The maximum Gasteiger partial charge on any atom is 0.407 e. The molecular weight excluding hydrogens is 284 g/mol. The van der Waals surface area contributed by atoms with Gasteiger partial charge in [0.1, 0.15) is 16.6 Å². The zero-order valence-corrected chi connectivity index (χ0v) is 12.2. The van der Waals surface area contributed by atoms with E-state index in [0.717, 1.165) is 49.9 Å². The Bertz CT molecular complexity index is 701. The smallest absolute Gasteiger partial charge is 0.407 e. The van der Waals surface area contributed by atoms with Crippen molar-refractivity contribution in [3.05, 3.63) is 23.8 Å². The fraction of sp³-hybridized carbons (Fsp3) is 0.533. The van der Waals surface area contributed by atoms with Crippen molar-refractivity contribution in [3.63, 3.8) is 0 Å². The van der Waals surface area contributed by atoms with Gasteiger partial charge in [-0.1, -0.05) is 6.07 Å². The lowest BCUT2D eigenvalue weighted by Crippen LogP contribution is -2.34. The Morgan fingerprint density at radius 2 is 2.14 bits per heavy atom. The fourth-order valence-electron chi connectivity index (χ4n) is 3.35. The van der Waals surface area contributed by atoms with E-state index in [0.29, 0.717) is 6.54 Å². The standard InChI is InChI=1S/C15H18N4O3/c20-14-16-10-15(21-14)4-1-6-19(7-5-15)9-11-2-3-12-13(8-11)18-22-17-12/h2-3,8H,1,4-7,9-10H2,(H,16,20). The topological polar surface area (TPSA) is 80.5 Å². The van der Waals surface area contributed by atoms with E-state index in [2.05, 4.69) is 26.6 Å². The molecule has 0 aliphatic carbocycles. The lowest BCUT2D eigenvalue weighted by atomic mass is 9.95. The van der Waals surface area contributed by atoms with E-state index in [9.17, 15) is 4.79 Å². The third-order valence-electron chi connectivity index (χ3n) is 4.58. The van der Waals surface area contributed by atoms with Crippen LogP contribution in [0.5, 0.6) is 0 Å². The molecule has 1 aromatic heterocycles. The Morgan fingerprint density at radius 3 is 3.00 bits per heavy atom. The van der Waals surface area contributed by atoms with Crippen molar-refractivity contribution in [3.8, 4) is 0 Å². The van der Waals surface area contributed by atoms with Crippen molar-refractivity contribution in [1.29, 1.82) is 0 Å². The second-order valence-electron chi connectivity index (χ2n) is 6.14. The molecule has 1 amide bonds. The van der Waals surface area contributed by atoms with Gasteiger partial charge in [-0.15, -0.1) is 0 Å². The van der Waals surface area contributed by atoms with Crippen LogP contribution in [0.2, 0.25) is 0 Å². The summed E-state index contributed by atoms with van der Waals surface area (Å²) in [5, 5.41) is 10.5. The van der Waals surface area contributed by atoms with Crippen LogP contribution in [-0.4, -0.2) is 46.5 Å². The number of likely N-dealkylation sites (tertiary alicyclic amines) is 1. The Labute approximate surface area is 127 Å². The molecule has 22 heavy (non-hydrogen) atoms. The zero-order chi connectivity index (χ0) is 15.0. The van der Waals surface area contributed by atoms with Gasteiger partial charge >= 0.3 is 6.09 Å². The Kier molecular flexibility index (Phi) is 3.22. The summed E-state index contributed by atoms with van der Waals surface area (Å²) in [6, 6.07) is 6.01. The normalized spacial score (nSPS) is 26.1. The fourth-order valence-corrected chi connectivity index (χ4v) is 3.35. The van der Waals surface area contributed by atoms with Crippen molar-refractivity contribution in [1.82, 2.24) is 20.5 Å². The summed E-state index contributed by atoms with van der Waals surface area (Å²) in [6.45, 7) is 3.43. The molecule has 1 unspecified atom stereocenters. The lowest BCUT2D eigenvalue weighted by Gasteiger charge is -2.25. The highest BCUT2D eigenvalue weighted by molar-refractivity contribution is 5.73. The van der Waals surface area contributed by atoms with Gasteiger partial charge in [0.05, 0.1) is 6.54 Å². The molecular formula is C15H18N4O3. The maximum atomic E-state index is 11.3. The number of carbonyl (C=O) groups is 1. The molecule has 0 bridgehead atoms. The summed E-state index contributed by atoms with van der Waals surface area (Å²) in [7, 11) is 0. The first-order chi connectivity index (χ1) is 10.7. The van der Waals surface area contributed by atoms with Crippen molar-refractivity contribution in [2.45, 2.75) is 31.4 Å². The lowest BCUT2D eigenvalue weighted by molar-refractivity contribution is 0.0443.